The van der Waals surface area contributed by atoms with Crippen LogP contribution in [-0.4, -0.2) is 49.0 Å². The normalized spacial score (nSPS) is 17.6. The van der Waals surface area contributed by atoms with Crippen LogP contribution < -0.4 is 5.32 Å². The van der Waals surface area contributed by atoms with Crippen LogP contribution in [0.4, 0.5) is 0 Å². The molecule has 132 valence electrons. The van der Waals surface area contributed by atoms with Crippen LogP contribution in [0.3, 0.4) is 0 Å². The number of hydrogen-bond donors (Lipinski definition) is 1. The van der Waals surface area contributed by atoms with Crippen LogP contribution in [0.25, 0.3) is 11.1 Å². The molecule has 1 saturated heterocycles. The van der Waals surface area contributed by atoms with E-state index in [0.29, 0.717) is 36.5 Å². The third-order valence-corrected chi connectivity index (χ3v) is 6.47. The Hall–Kier alpha value is -1.51. The van der Waals surface area contributed by atoms with Crippen molar-refractivity contribution in [2.75, 3.05) is 26.2 Å². The molecule has 0 spiro atoms. The Labute approximate surface area is 142 Å². The summed E-state index contributed by atoms with van der Waals surface area (Å²) in [5.74, 6) is 0.543. The van der Waals surface area contributed by atoms with E-state index in [4.69, 9.17) is 4.52 Å². The summed E-state index contributed by atoms with van der Waals surface area (Å²) in [5, 5.41) is 7.95. The van der Waals surface area contributed by atoms with Gasteiger partial charge in [0.1, 0.15) is 4.90 Å². The maximum Gasteiger partial charge on any atom is 0.258 e. The van der Waals surface area contributed by atoms with E-state index in [0.717, 1.165) is 31.6 Å². The lowest BCUT2D eigenvalue weighted by molar-refractivity contribution is 0.268. The van der Waals surface area contributed by atoms with Crippen molar-refractivity contribution in [2.24, 2.45) is 5.92 Å². The monoisotopic (exact) mass is 352 g/mol. The zero-order valence-electron chi connectivity index (χ0n) is 14.2. The Morgan fingerprint density at radius 2 is 2.08 bits per heavy atom. The van der Waals surface area contributed by atoms with Gasteiger partial charge in [0, 0.05) is 13.1 Å². The Morgan fingerprint density at radius 3 is 2.75 bits per heavy atom. The molecule has 1 aliphatic heterocycles. The molecule has 0 atom stereocenters. The fourth-order valence-electron chi connectivity index (χ4n) is 3.11. The van der Waals surface area contributed by atoms with E-state index in [1.54, 1.807) is 10.4 Å². The van der Waals surface area contributed by atoms with Crippen molar-refractivity contribution in [1.82, 2.24) is 19.8 Å². The molecule has 0 unspecified atom stereocenters. The average Bonchev–Trinajstić information content (AvgIpc) is 3.02. The van der Waals surface area contributed by atoms with Gasteiger partial charge in [-0.3, -0.25) is 0 Å². The molecular formula is C16H24N4O3S. The summed E-state index contributed by atoms with van der Waals surface area (Å²) in [6, 6.07) is 1.64. The Balaban J connectivity index is 1.78. The van der Waals surface area contributed by atoms with Gasteiger partial charge in [-0.05, 0) is 44.3 Å². The van der Waals surface area contributed by atoms with E-state index >= 15 is 0 Å². The molecule has 7 nitrogen and oxygen atoms in total. The Kier molecular flexibility index (Phi) is 5.17. The molecule has 0 aromatic carbocycles. The first-order valence-corrected chi connectivity index (χ1v) is 9.95. The van der Waals surface area contributed by atoms with E-state index in [1.165, 1.54) is 6.20 Å². The van der Waals surface area contributed by atoms with Gasteiger partial charge in [0.25, 0.3) is 5.71 Å². The molecule has 24 heavy (non-hydrogen) atoms. The van der Waals surface area contributed by atoms with Crippen LogP contribution in [0.5, 0.6) is 0 Å². The lowest BCUT2D eigenvalue weighted by Gasteiger charge is -2.31. The molecule has 0 amide bonds. The van der Waals surface area contributed by atoms with Gasteiger partial charge in [-0.15, -0.1) is 0 Å². The maximum atomic E-state index is 12.9. The van der Waals surface area contributed by atoms with Crippen molar-refractivity contribution < 1.29 is 12.9 Å². The SMILES string of the molecule is CCNCC1CCN(S(=O)(=O)c2cnc3onc(CC)c3c2)CC1. The fraction of sp³-hybridized carbons (Fsp3) is 0.625. The smallest absolute Gasteiger partial charge is 0.258 e. The lowest BCUT2D eigenvalue weighted by atomic mass is 9.98. The summed E-state index contributed by atoms with van der Waals surface area (Å²) in [4.78, 5) is 4.34. The first kappa shape index (κ1) is 17.3. The van der Waals surface area contributed by atoms with E-state index in [1.807, 2.05) is 6.92 Å². The van der Waals surface area contributed by atoms with Gasteiger partial charge in [-0.25, -0.2) is 13.4 Å². The minimum Gasteiger partial charge on any atom is -0.336 e. The van der Waals surface area contributed by atoms with Crippen LogP contribution in [0.2, 0.25) is 0 Å². The highest BCUT2D eigenvalue weighted by atomic mass is 32.2. The van der Waals surface area contributed by atoms with Crippen LogP contribution >= 0.6 is 0 Å². The molecule has 1 aliphatic rings. The van der Waals surface area contributed by atoms with Crippen LogP contribution in [0.1, 0.15) is 32.4 Å². The number of hydrogen-bond acceptors (Lipinski definition) is 6. The van der Waals surface area contributed by atoms with Crippen LogP contribution in [0, 0.1) is 5.92 Å². The molecule has 1 N–H and O–H groups in total. The van der Waals surface area contributed by atoms with Gasteiger partial charge in [0.15, 0.2) is 0 Å². The Morgan fingerprint density at radius 1 is 1.33 bits per heavy atom. The summed E-state index contributed by atoms with van der Waals surface area (Å²) < 4.78 is 32.5. The zero-order chi connectivity index (χ0) is 17.2. The van der Waals surface area contributed by atoms with E-state index in [-0.39, 0.29) is 4.90 Å². The van der Waals surface area contributed by atoms with Gasteiger partial charge in [0.05, 0.1) is 17.3 Å². The van der Waals surface area contributed by atoms with Gasteiger partial charge in [-0.1, -0.05) is 19.0 Å². The minimum atomic E-state index is -3.52. The summed E-state index contributed by atoms with van der Waals surface area (Å²) in [5.41, 5.74) is 1.12. The number of nitrogens with zero attached hydrogens (tertiary/aromatic N) is 3. The summed E-state index contributed by atoms with van der Waals surface area (Å²) in [6.07, 6.45) is 3.81. The molecule has 3 heterocycles. The van der Waals surface area contributed by atoms with Gasteiger partial charge >= 0.3 is 0 Å². The number of pyridine rings is 1. The third-order valence-electron chi connectivity index (χ3n) is 4.61. The zero-order valence-corrected chi connectivity index (χ0v) is 15.0. The molecule has 0 bridgehead atoms. The molecular weight excluding hydrogens is 328 g/mol. The summed E-state index contributed by atoms with van der Waals surface area (Å²) >= 11 is 0. The van der Waals surface area contributed by atoms with Gasteiger partial charge < -0.3 is 9.84 Å². The van der Waals surface area contributed by atoms with Crippen molar-refractivity contribution in [2.45, 2.75) is 38.0 Å². The topological polar surface area (TPSA) is 88.3 Å². The molecule has 0 radical (unpaired) electrons. The number of nitrogens with one attached hydrogen (secondary N) is 1. The van der Waals surface area contributed by atoms with Crippen molar-refractivity contribution in [1.29, 1.82) is 0 Å². The van der Waals surface area contributed by atoms with Crippen molar-refractivity contribution in [3.8, 4) is 0 Å². The standard InChI is InChI=1S/C16H24N4O3S/c1-3-15-14-9-13(11-18-16(14)23-19-15)24(21,22)20-7-5-12(6-8-20)10-17-4-2/h9,11-12,17H,3-8,10H2,1-2H3. The highest BCUT2D eigenvalue weighted by Crippen LogP contribution is 2.26. The second kappa shape index (κ2) is 7.16. The second-order valence-corrected chi connectivity index (χ2v) is 8.10. The molecule has 1 fully saturated rings. The minimum absolute atomic E-state index is 0.220. The molecule has 2 aromatic rings. The number of rotatable bonds is 6. The summed E-state index contributed by atoms with van der Waals surface area (Å²) in [7, 11) is -3.52. The van der Waals surface area contributed by atoms with Crippen molar-refractivity contribution in [3.05, 3.63) is 18.0 Å². The van der Waals surface area contributed by atoms with E-state index in [9.17, 15) is 8.42 Å². The fourth-order valence-corrected chi connectivity index (χ4v) is 4.55. The van der Waals surface area contributed by atoms with Crippen LogP contribution in [-0.2, 0) is 16.4 Å². The van der Waals surface area contributed by atoms with Gasteiger partial charge in [0.2, 0.25) is 10.0 Å². The number of sulfonamides is 1. The maximum absolute atomic E-state index is 12.9. The van der Waals surface area contributed by atoms with Crippen molar-refractivity contribution >= 4 is 21.1 Å². The third kappa shape index (κ3) is 3.31. The number of aromatic nitrogens is 2. The predicted molar refractivity (Wildman–Crippen MR) is 91.2 cm³/mol. The second-order valence-electron chi connectivity index (χ2n) is 6.16. The summed E-state index contributed by atoms with van der Waals surface area (Å²) in [6.45, 7) is 7.05. The molecule has 3 rings (SSSR count). The highest BCUT2D eigenvalue weighted by Gasteiger charge is 2.30. The average molecular weight is 352 g/mol. The molecule has 8 heteroatoms. The quantitative estimate of drug-likeness (QED) is 0.853. The number of piperidine rings is 1. The highest BCUT2D eigenvalue weighted by molar-refractivity contribution is 7.89. The largest absolute Gasteiger partial charge is 0.336 e. The van der Waals surface area contributed by atoms with E-state index < -0.39 is 10.0 Å². The number of aryl methyl sites for hydroxylation is 1. The first-order chi connectivity index (χ1) is 11.6. The first-order valence-electron chi connectivity index (χ1n) is 8.51. The van der Waals surface area contributed by atoms with Crippen LogP contribution in [0.15, 0.2) is 21.7 Å². The predicted octanol–water partition coefficient (Wildman–Crippen LogP) is 1.80. The van der Waals surface area contributed by atoms with Gasteiger partial charge in [-0.2, -0.15) is 4.31 Å². The molecule has 0 aliphatic carbocycles. The number of fused-ring (bicyclic) bond motifs is 1. The lowest BCUT2D eigenvalue weighted by Crippen LogP contribution is -2.40. The Bertz CT molecular complexity index is 795. The van der Waals surface area contributed by atoms with Crippen molar-refractivity contribution in [3.63, 3.8) is 0 Å². The molecule has 2 aromatic heterocycles. The van der Waals surface area contributed by atoms with E-state index in [2.05, 4.69) is 22.4 Å². The molecule has 0 saturated carbocycles.